The molecule has 0 aliphatic rings. The molecule has 13 heteroatoms. The molecule has 0 fully saturated rings. The lowest BCUT2D eigenvalue weighted by molar-refractivity contribution is -0.143. The highest BCUT2D eigenvalue weighted by Crippen LogP contribution is 2.11. The highest BCUT2D eigenvalue weighted by molar-refractivity contribution is 5.95. The number of hydrogen-bond donors (Lipinski definition) is 7. The van der Waals surface area contributed by atoms with Gasteiger partial charge in [0.25, 0.3) is 0 Å². The molecule has 4 amide bonds. The molecule has 0 saturated carbocycles. The van der Waals surface area contributed by atoms with Crippen molar-refractivity contribution in [3.63, 3.8) is 0 Å². The number of carbonyl (C=O) groups is 5. The molecular formula is C21H35N7O6. The first-order valence-electron chi connectivity index (χ1n) is 11.0. The Kier molecular flexibility index (Phi) is 11.2. The largest absolute Gasteiger partial charge is 0.480 e. The fraction of sp³-hybridized carbons (Fsp3) is 0.619. The van der Waals surface area contributed by atoms with Gasteiger partial charge in [0.2, 0.25) is 23.6 Å². The standard InChI is InChI=1S/C21H35N7O6/c1-5-11(4)17(28-19(31)16(23)10(2)3)20(32)26-13(6-12-8-24-9-25-12)18(30)27-14(21(33)34)7-15(22)29/h8-11,13-14,16-17H,5-7,23H2,1-4H3,(H2,22,29)(H,24,25)(H,26,32)(H,27,30)(H,28,31)(H,33,34)/t11-,13-,14-,16-,17-/m0/s1. The van der Waals surface area contributed by atoms with Gasteiger partial charge >= 0.3 is 5.97 Å². The van der Waals surface area contributed by atoms with Gasteiger partial charge < -0.3 is 37.5 Å². The minimum atomic E-state index is -1.57. The van der Waals surface area contributed by atoms with Crippen LogP contribution in [0.5, 0.6) is 0 Å². The Hall–Kier alpha value is -3.48. The zero-order chi connectivity index (χ0) is 26.0. The summed E-state index contributed by atoms with van der Waals surface area (Å²) < 4.78 is 0. The second kappa shape index (κ2) is 13.3. The van der Waals surface area contributed by atoms with E-state index in [1.807, 2.05) is 6.92 Å². The molecule has 0 unspecified atom stereocenters. The molecular weight excluding hydrogens is 446 g/mol. The summed E-state index contributed by atoms with van der Waals surface area (Å²) in [6.45, 7) is 7.16. The molecule has 0 spiro atoms. The molecule has 0 saturated heterocycles. The van der Waals surface area contributed by atoms with Crippen LogP contribution in [-0.2, 0) is 30.4 Å². The van der Waals surface area contributed by atoms with Gasteiger partial charge in [-0.25, -0.2) is 9.78 Å². The van der Waals surface area contributed by atoms with Crippen LogP contribution in [0.4, 0.5) is 0 Å². The number of imidazole rings is 1. The minimum Gasteiger partial charge on any atom is -0.480 e. The highest BCUT2D eigenvalue weighted by Gasteiger charge is 2.33. The van der Waals surface area contributed by atoms with E-state index in [0.717, 1.165) is 0 Å². The molecule has 190 valence electrons. The topological polar surface area (TPSA) is 222 Å². The lowest BCUT2D eigenvalue weighted by Gasteiger charge is -2.28. The van der Waals surface area contributed by atoms with E-state index in [-0.39, 0.29) is 18.3 Å². The van der Waals surface area contributed by atoms with Crippen LogP contribution >= 0.6 is 0 Å². The third-order valence-corrected chi connectivity index (χ3v) is 5.45. The van der Waals surface area contributed by atoms with Crippen LogP contribution in [0, 0.1) is 11.8 Å². The third-order valence-electron chi connectivity index (χ3n) is 5.45. The molecule has 1 aromatic rings. The molecule has 0 aliphatic carbocycles. The summed E-state index contributed by atoms with van der Waals surface area (Å²) in [5.41, 5.74) is 11.5. The molecule has 9 N–H and O–H groups in total. The molecule has 1 aromatic heterocycles. The number of nitrogens with zero attached hydrogens (tertiary/aromatic N) is 1. The normalized spacial score (nSPS) is 15.5. The van der Waals surface area contributed by atoms with Crippen LogP contribution in [-0.4, -0.2) is 68.8 Å². The van der Waals surface area contributed by atoms with Crippen LogP contribution in [0.3, 0.4) is 0 Å². The van der Waals surface area contributed by atoms with E-state index in [0.29, 0.717) is 12.1 Å². The summed E-state index contributed by atoms with van der Waals surface area (Å²) in [4.78, 5) is 67.8. The van der Waals surface area contributed by atoms with Gasteiger partial charge in [0.05, 0.1) is 18.8 Å². The Morgan fingerprint density at radius 3 is 2.12 bits per heavy atom. The highest BCUT2D eigenvalue weighted by atomic mass is 16.4. The lowest BCUT2D eigenvalue weighted by Crippen LogP contribution is -2.59. The second-order valence-electron chi connectivity index (χ2n) is 8.55. The van der Waals surface area contributed by atoms with Crippen LogP contribution in [0.15, 0.2) is 12.5 Å². The van der Waals surface area contributed by atoms with E-state index < -0.39 is 60.2 Å². The van der Waals surface area contributed by atoms with E-state index in [1.165, 1.54) is 12.5 Å². The number of carboxylic acids is 1. The van der Waals surface area contributed by atoms with Gasteiger partial charge in [0, 0.05) is 18.3 Å². The zero-order valence-corrected chi connectivity index (χ0v) is 19.8. The Bertz CT molecular complexity index is 858. The van der Waals surface area contributed by atoms with Crippen molar-refractivity contribution in [1.29, 1.82) is 0 Å². The molecule has 0 aromatic carbocycles. The number of rotatable bonds is 14. The molecule has 13 nitrogen and oxygen atoms in total. The average molecular weight is 482 g/mol. The predicted octanol–water partition coefficient (Wildman–Crippen LogP) is -1.60. The van der Waals surface area contributed by atoms with E-state index in [4.69, 9.17) is 11.5 Å². The number of primary amides is 1. The molecule has 0 radical (unpaired) electrons. The number of nitrogens with one attached hydrogen (secondary N) is 4. The van der Waals surface area contributed by atoms with Crippen molar-refractivity contribution < 1.29 is 29.1 Å². The van der Waals surface area contributed by atoms with Gasteiger partial charge in [-0.1, -0.05) is 34.1 Å². The molecule has 0 aliphatic heterocycles. The van der Waals surface area contributed by atoms with Crippen molar-refractivity contribution in [2.45, 2.75) is 71.1 Å². The van der Waals surface area contributed by atoms with Crippen molar-refractivity contribution >= 4 is 29.6 Å². The summed E-state index contributed by atoms with van der Waals surface area (Å²) in [6, 6.07) is -4.61. The Morgan fingerprint density at radius 2 is 1.65 bits per heavy atom. The summed E-state index contributed by atoms with van der Waals surface area (Å²) >= 11 is 0. The molecule has 1 rings (SSSR count). The van der Waals surface area contributed by atoms with Crippen molar-refractivity contribution in [1.82, 2.24) is 25.9 Å². The zero-order valence-electron chi connectivity index (χ0n) is 19.8. The fourth-order valence-corrected chi connectivity index (χ4v) is 3.01. The summed E-state index contributed by atoms with van der Waals surface area (Å²) in [5.74, 6) is -4.80. The summed E-state index contributed by atoms with van der Waals surface area (Å²) in [7, 11) is 0. The Labute approximate surface area is 197 Å². The van der Waals surface area contributed by atoms with E-state index in [2.05, 4.69) is 25.9 Å². The number of carboxylic acid groups (broad SMARTS) is 1. The first kappa shape index (κ1) is 28.6. The number of aliphatic carboxylic acids is 1. The number of hydrogen-bond acceptors (Lipinski definition) is 7. The van der Waals surface area contributed by atoms with Gasteiger partial charge in [0.15, 0.2) is 0 Å². The number of carbonyl (C=O) groups excluding carboxylic acids is 4. The maximum atomic E-state index is 13.1. The van der Waals surface area contributed by atoms with Crippen LogP contribution in [0.25, 0.3) is 0 Å². The van der Waals surface area contributed by atoms with Gasteiger partial charge in [-0.05, 0) is 11.8 Å². The second-order valence-corrected chi connectivity index (χ2v) is 8.55. The van der Waals surface area contributed by atoms with Gasteiger partial charge in [-0.15, -0.1) is 0 Å². The molecule has 5 atom stereocenters. The van der Waals surface area contributed by atoms with Gasteiger partial charge in [-0.3, -0.25) is 19.2 Å². The SMILES string of the molecule is CC[C@H](C)[C@H](NC(=O)[C@@H](N)C(C)C)C(=O)N[C@@H](Cc1cnc[nH]1)C(=O)N[C@@H](CC(N)=O)C(=O)O. The monoisotopic (exact) mass is 481 g/mol. The Balaban J connectivity index is 3.11. The summed E-state index contributed by atoms with van der Waals surface area (Å²) in [6.07, 6.45) is 2.71. The molecule has 1 heterocycles. The number of aromatic amines is 1. The van der Waals surface area contributed by atoms with Crippen molar-refractivity contribution in [2.75, 3.05) is 0 Å². The van der Waals surface area contributed by atoms with Gasteiger partial charge in [-0.2, -0.15) is 0 Å². The number of H-pyrrole nitrogens is 1. The fourth-order valence-electron chi connectivity index (χ4n) is 3.01. The molecule has 34 heavy (non-hydrogen) atoms. The van der Waals surface area contributed by atoms with E-state index >= 15 is 0 Å². The van der Waals surface area contributed by atoms with Crippen molar-refractivity contribution in [2.24, 2.45) is 23.3 Å². The maximum Gasteiger partial charge on any atom is 0.326 e. The Morgan fingerprint density at radius 1 is 1.03 bits per heavy atom. The lowest BCUT2D eigenvalue weighted by atomic mass is 9.96. The first-order valence-corrected chi connectivity index (χ1v) is 11.0. The maximum absolute atomic E-state index is 13.1. The van der Waals surface area contributed by atoms with Crippen LogP contribution in [0.1, 0.15) is 46.2 Å². The van der Waals surface area contributed by atoms with Gasteiger partial charge in [0.1, 0.15) is 18.1 Å². The van der Waals surface area contributed by atoms with Crippen LogP contribution < -0.4 is 27.4 Å². The summed E-state index contributed by atoms with van der Waals surface area (Å²) in [5, 5.41) is 16.8. The first-order chi connectivity index (χ1) is 15.9. The third kappa shape index (κ3) is 8.81. The average Bonchev–Trinajstić information content (AvgIpc) is 3.27. The number of aromatic nitrogens is 2. The predicted molar refractivity (Wildman–Crippen MR) is 122 cm³/mol. The van der Waals surface area contributed by atoms with E-state index in [1.54, 1.807) is 20.8 Å². The number of amides is 4. The quantitative estimate of drug-likeness (QED) is 0.163. The van der Waals surface area contributed by atoms with Crippen molar-refractivity contribution in [3.05, 3.63) is 18.2 Å². The van der Waals surface area contributed by atoms with E-state index in [9.17, 15) is 29.1 Å². The smallest absolute Gasteiger partial charge is 0.326 e. The number of nitrogens with two attached hydrogens (primary N) is 2. The van der Waals surface area contributed by atoms with Crippen LogP contribution in [0.2, 0.25) is 0 Å². The molecule has 0 bridgehead atoms. The minimum absolute atomic E-state index is 0.0484. The van der Waals surface area contributed by atoms with Crippen molar-refractivity contribution in [3.8, 4) is 0 Å².